The lowest BCUT2D eigenvalue weighted by Gasteiger charge is -1.93. The Bertz CT molecular complexity index is 199. The fraction of sp³-hybridized carbons (Fsp3) is 0.333. The van der Waals surface area contributed by atoms with Crippen LogP contribution in [-0.4, -0.2) is 5.11 Å². The summed E-state index contributed by atoms with van der Waals surface area (Å²) in [5, 5.41) is 9.27. The van der Waals surface area contributed by atoms with Crippen LogP contribution in [0.5, 0.6) is 0 Å². The summed E-state index contributed by atoms with van der Waals surface area (Å²) in [4.78, 5) is 0. The van der Waals surface area contributed by atoms with Crippen LogP contribution >= 0.6 is 11.6 Å². The van der Waals surface area contributed by atoms with E-state index in [4.69, 9.17) is 16.7 Å². The van der Waals surface area contributed by atoms with Gasteiger partial charge >= 0.3 is 0 Å². The Hall–Kier alpha value is -0.530. The van der Waals surface area contributed by atoms with Crippen molar-refractivity contribution in [2.24, 2.45) is 0 Å². The average molecular weight is 173 g/mol. The van der Waals surface area contributed by atoms with E-state index in [2.05, 4.69) is 0 Å². The first-order valence-electron chi connectivity index (χ1n) is 3.68. The predicted octanol–water partition coefficient (Wildman–Crippen LogP) is 2.86. The monoisotopic (exact) mass is 172 g/mol. The Morgan fingerprint density at radius 1 is 1.36 bits per heavy atom. The number of hydrogen-bond acceptors (Lipinski definition) is 1. The summed E-state index contributed by atoms with van der Waals surface area (Å²) < 4.78 is 0. The topological polar surface area (TPSA) is 20.2 Å². The number of hydrogen-bond donors (Lipinski definition) is 1. The van der Waals surface area contributed by atoms with Gasteiger partial charge in [-0.25, -0.2) is 0 Å². The van der Waals surface area contributed by atoms with Gasteiger partial charge in [0.05, 0.1) is 6.61 Å². The highest BCUT2D eigenvalue weighted by atomic mass is 35.5. The molecule has 62 valence electrons. The molecule has 0 bridgehead atoms. The fourth-order valence-corrected chi connectivity index (χ4v) is 0.848. The average Bonchev–Trinajstić information content (AvgIpc) is 2.08. The molecule has 0 saturated carbocycles. The quantitative estimate of drug-likeness (QED) is 0.691. The van der Waals surface area contributed by atoms with Gasteiger partial charge in [-0.2, -0.15) is 0 Å². The Balaban J connectivity index is 0.000000461. The molecule has 1 rings (SSSR count). The first-order valence-corrected chi connectivity index (χ1v) is 4.06. The molecule has 0 unspecified atom stereocenters. The Morgan fingerprint density at radius 3 is 2.36 bits per heavy atom. The summed E-state index contributed by atoms with van der Waals surface area (Å²) in [6.07, 6.45) is 0. The third-order valence-electron chi connectivity index (χ3n) is 1.07. The minimum atomic E-state index is 0.0561. The van der Waals surface area contributed by atoms with Crippen molar-refractivity contribution >= 4 is 11.6 Å². The molecule has 0 aromatic heterocycles. The molecule has 0 spiro atoms. The zero-order valence-corrected chi connectivity index (χ0v) is 7.60. The Labute approximate surface area is 72.6 Å². The Morgan fingerprint density at radius 2 is 2.00 bits per heavy atom. The van der Waals surface area contributed by atoms with Crippen LogP contribution in [0.1, 0.15) is 19.4 Å². The summed E-state index contributed by atoms with van der Waals surface area (Å²) in [7, 11) is 0. The van der Waals surface area contributed by atoms with E-state index in [1.165, 1.54) is 0 Å². The van der Waals surface area contributed by atoms with Crippen molar-refractivity contribution in [3.8, 4) is 0 Å². The third-order valence-corrected chi connectivity index (χ3v) is 1.31. The van der Waals surface area contributed by atoms with Crippen LogP contribution in [0.2, 0.25) is 5.02 Å². The molecule has 0 aliphatic heterocycles. The van der Waals surface area contributed by atoms with E-state index in [9.17, 15) is 0 Å². The van der Waals surface area contributed by atoms with Gasteiger partial charge in [-0.3, -0.25) is 0 Å². The van der Waals surface area contributed by atoms with Gasteiger partial charge in [0.15, 0.2) is 0 Å². The van der Waals surface area contributed by atoms with E-state index in [1.807, 2.05) is 26.0 Å². The zero-order valence-electron chi connectivity index (χ0n) is 6.84. The fourth-order valence-electron chi connectivity index (χ4n) is 0.635. The molecule has 1 nitrogen and oxygen atoms in total. The maximum Gasteiger partial charge on any atom is 0.0682 e. The second-order valence-electron chi connectivity index (χ2n) is 1.79. The predicted molar refractivity (Wildman–Crippen MR) is 48.7 cm³/mol. The normalized spacial score (nSPS) is 8.36. The van der Waals surface area contributed by atoms with E-state index in [1.54, 1.807) is 12.1 Å². The molecule has 0 radical (unpaired) electrons. The molecule has 2 heteroatoms. The molecular formula is C9H13ClO. The largest absolute Gasteiger partial charge is 0.392 e. The molecule has 11 heavy (non-hydrogen) atoms. The van der Waals surface area contributed by atoms with Gasteiger partial charge in [0, 0.05) is 5.02 Å². The van der Waals surface area contributed by atoms with E-state index >= 15 is 0 Å². The van der Waals surface area contributed by atoms with Crippen LogP contribution in [0.4, 0.5) is 0 Å². The van der Waals surface area contributed by atoms with Crippen LogP contribution in [0.3, 0.4) is 0 Å². The molecule has 0 aliphatic rings. The summed E-state index contributed by atoms with van der Waals surface area (Å²) in [5.41, 5.74) is 0.850. The molecular weight excluding hydrogens is 160 g/mol. The molecule has 0 atom stereocenters. The molecule has 1 aromatic rings. The van der Waals surface area contributed by atoms with E-state index in [0.29, 0.717) is 5.02 Å². The highest BCUT2D eigenvalue weighted by Crippen LogP contribution is 2.09. The summed E-state index contributed by atoms with van der Waals surface area (Å²) >= 11 is 5.61. The van der Waals surface area contributed by atoms with Crippen molar-refractivity contribution in [3.63, 3.8) is 0 Å². The van der Waals surface area contributed by atoms with Gasteiger partial charge in [0.25, 0.3) is 0 Å². The lowest BCUT2D eigenvalue weighted by molar-refractivity contribution is 0.282. The Kier molecular flexibility index (Phi) is 5.90. The number of halogens is 1. The van der Waals surface area contributed by atoms with E-state index < -0.39 is 0 Å². The second kappa shape index (κ2) is 6.20. The van der Waals surface area contributed by atoms with Crippen molar-refractivity contribution in [2.75, 3.05) is 0 Å². The highest BCUT2D eigenvalue weighted by molar-refractivity contribution is 6.30. The number of benzene rings is 1. The molecule has 1 aromatic carbocycles. The van der Waals surface area contributed by atoms with Gasteiger partial charge in [0.1, 0.15) is 0 Å². The lowest BCUT2D eigenvalue weighted by Crippen LogP contribution is -1.79. The van der Waals surface area contributed by atoms with Gasteiger partial charge in [-0.05, 0) is 17.7 Å². The standard InChI is InChI=1S/C7H7ClO.C2H6/c8-7-3-1-2-6(4-7)5-9;1-2/h1-4,9H,5H2;1-2H3. The summed E-state index contributed by atoms with van der Waals surface area (Å²) in [6.45, 7) is 4.06. The van der Waals surface area contributed by atoms with Crippen molar-refractivity contribution in [1.29, 1.82) is 0 Å². The summed E-state index contributed by atoms with van der Waals surface area (Å²) in [5.74, 6) is 0. The first-order chi connectivity index (χ1) is 5.33. The van der Waals surface area contributed by atoms with Gasteiger partial charge in [-0.1, -0.05) is 37.6 Å². The van der Waals surface area contributed by atoms with Crippen molar-refractivity contribution in [2.45, 2.75) is 20.5 Å². The molecule has 0 amide bonds. The zero-order chi connectivity index (χ0) is 8.69. The molecule has 0 saturated heterocycles. The molecule has 1 N–H and O–H groups in total. The van der Waals surface area contributed by atoms with Gasteiger partial charge < -0.3 is 5.11 Å². The molecule has 0 aliphatic carbocycles. The first kappa shape index (κ1) is 10.5. The maximum atomic E-state index is 8.60. The second-order valence-corrected chi connectivity index (χ2v) is 2.22. The molecule has 0 heterocycles. The van der Waals surface area contributed by atoms with Crippen molar-refractivity contribution in [1.82, 2.24) is 0 Å². The van der Waals surface area contributed by atoms with E-state index in [-0.39, 0.29) is 6.61 Å². The minimum Gasteiger partial charge on any atom is -0.392 e. The smallest absolute Gasteiger partial charge is 0.0682 e. The van der Waals surface area contributed by atoms with Gasteiger partial charge in [-0.15, -0.1) is 0 Å². The third kappa shape index (κ3) is 4.02. The lowest BCUT2D eigenvalue weighted by atomic mass is 10.2. The highest BCUT2D eigenvalue weighted by Gasteiger charge is 1.88. The maximum absolute atomic E-state index is 8.60. The number of aliphatic hydroxyl groups excluding tert-OH is 1. The van der Waals surface area contributed by atoms with Crippen LogP contribution in [0.25, 0.3) is 0 Å². The minimum absolute atomic E-state index is 0.0561. The van der Waals surface area contributed by atoms with Crippen LogP contribution < -0.4 is 0 Å². The van der Waals surface area contributed by atoms with Gasteiger partial charge in [0.2, 0.25) is 0 Å². The van der Waals surface area contributed by atoms with Crippen LogP contribution in [0.15, 0.2) is 24.3 Å². The van der Waals surface area contributed by atoms with Crippen LogP contribution in [0, 0.1) is 0 Å². The van der Waals surface area contributed by atoms with Crippen molar-refractivity contribution in [3.05, 3.63) is 34.9 Å². The van der Waals surface area contributed by atoms with Crippen molar-refractivity contribution < 1.29 is 5.11 Å². The summed E-state index contributed by atoms with van der Waals surface area (Å²) in [6, 6.07) is 7.15. The number of aliphatic hydroxyl groups is 1. The SMILES string of the molecule is CC.OCc1cccc(Cl)c1. The number of rotatable bonds is 1. The molecule has 0 fully saturated rings. The van der Waals surface area contributed by atoms with Crippen LogP contribution in [-0.2, 0) is 6.61 Å². The van der Waals surface area contributed by atoms with E-state index in [0.717, 1.165) is 5.56 Å².